The van der Waals surface area contributed by atoms with Crippen molar-refractivity contribution in [2.75, 3.05) is 0 Å². The van der Waals surface area contributed by atoms with Gasteiger partial charge in [0.05, 0.1) is 11.7 Å². The number of rotatable bonds is 0. The molecule has 66 valence electrons. The topological polar surface area (TPSA) is 25.8 Å². The molecule has 0 N–H and O–H groups in total. The van der Waals surface area contributed by atoms with E-state index in [4.69, 9.17) is 0 Å². The molecule has 1 aromatic carbocycles. The minimum absolute atomic E-state index is 1.02. The first-order valence-corrected chi connectivity index (χ1v) is 4.38. The van der Waals surface area contributed by atoms with Crippen molar-refractivity contribution in [2.45, 2.75) is 20.8 Å². The molecule has 0 spiro atoms. The van der Waals surface area contributed by atoms with Crippen molar-refractivity contribution < 1.29 is 0 Å². The number of nitrogens with zero attached hydrogens (tertiary/aromatic N) is 2. The maximum Gasteiger partial charge on any atom is 0.0961 e. The summed E-state index contributed by atoms with van der Waals surface area (Å²) in [6.07, 6.45) is 1.81. The Kier molecular flexibility index (Phi) is 1.76. The van der Waals surface area contributed by atoms with Crippen LogP contribution in [0.1, 0.15) is 16.7 Å². The van der Waals surface area contributed by atoms with Gasteiger partial charge >= 0.3 is 0 Å². The molecule has 0 amide bonds. The molecular formula is C11H12N2. The molecule has 0 saturated heterocycles. The van der Waals surface area contributed by atoms with Gasteiger partial charge in [-0.2, -0.15) is 10.2 Å². The quantitative estimate of drug-likeness (QED) is 0.610. The van der Waals surface area contributed by atoms with Crippen LogP contribution in [0.25, 0.3) is 10.9 Å². The lowest BCUT2D eigenvalue weighted by Gasteiger charge is -2.04. The molecule has 0 unspecified atom stereocenters. The smallest absolute Gasteiger partial charge is 0.0961 e. The minimum Gasteiger partial charge on any atom is -0.158 e. The highest BCUT2D eigenvalue weighted by atomic mass is 15.1. The third kappa shape index (κ3) is 1.28. The summed E-state index contributed by atoms with van der Waals surface area (Å²) in [5.41, 5.74) is 4.69. The van der Waals surface area contributed by atoms with Crippen LogP contribution >= 0.6 is 0 Å². The predicted molar refractivity (Wildman–Crippen MR) is 53.7 cm³/mol. The van der Waals surface area contributed by atoms with Gasteiger partial charge in [0.25, 0.3) is 0 Å². The van der Waals surface area contributed by atoms with Gasteiger partial charge in [0.1, 0.15) is 0 Å². The molecule has 1 aromatic heterocycles. The summed E-state index contributed by atoms with van der Waals surface area (Å²) in [6.45, 7) is 6.24. The van der Waals surface area contributed by atoms with Crippen molar-refractivity contribution in [3.63, 3.8) is 0 Å². The van der Waals surface area contributed by atoms with Crippen molar-refractivity contribution in [3.8, 4) is 0 Å². The van der Waals surface area contributed by atoms with E-state index in [9.17, 15) is 0 Å². The van der Waals surface area contributed by atoms with Crippen molar-refractivity contribution in [3.05, 3.63) is 35.0 Å². The highest BCUT2D eigenvalue weighted by Crippen LogP contribution is 2.19. The summed E-state index contributed by atoms with van der Waals surface area (Å²) in [5.74, 6) is 0. The maximum atomic E-state index is 4.13. The molecule has 0 bridgehead atoms. The van der Waals surface area contributed by atoms with E-state index in [2.05, 4.69) is 43.1 Å². The summed E-state index contributed by atoms with van der Waals surface area (Å²) in [5, 5.41) is 9.30. The highest BCUT2D eigenvalue weighted by molar-refractivity contribution is 5.84. The molecule has 0 saturated carbocycles. The lowest BCUT2D eigenvalue weighted by molar-refractivity contribution is 1.05. The average Bonchev–Trinajstić information content (AvgIpc) is 2.07. The number of aromatic nitrogens is 2. The molecule has 2 nitrogen and oxygen atoms in total. The SMILES string of the molecule is Cc1cc(C)c2nncc(C)c2c1. The van der Waals surface area contributed by atoms with Gasteiger partial charge < -0.3 is 0 Å². The zero-order chi connectivity index (χ0) is 9.42. The molecule has 2 heteroatoms. The maximum absolute atomic E-state index is 4.13. The first-order valence-electron chi connectivity index (χ1n) is 4.38. The van der Waals surface area contributed by atoms with Gasteiger partial charge in [0, 0.05) is 5.39 Å². The largest absolute Gasteiger partial charge is 0.158 e. The molecule has 0 atom stereocenters. The molecule has 2 aromatic rings. The van der Waals surface area contributed by atoms with Crippen molar-refractivity contribution in [2.24, 2.45) is 0 Å². The fourth-order valence-corrected chi connectivity index (χ4v) is 1.64. The first kappa shape index (κ1) is 8.17. The van der Waals surface area contributed by atoms with Crippen LogP contribution in [0.15, 0.2) is 18.3 Å². The van der Waals surface area contributed by atoms with Crippen LogP contribution in [0.4, 0.5) is 0 Å². The van der Waals surface area contributed by atoms with E-state index < -0.39 is 0 Å². The van der Waals surface area contributed by atoms with E-state index in [1.54, 1.807) is 6.20 Å². The van der Waals surface area contributed by atoms with Crippen LogP contribution in [0.3, 0.4) is 0 Å². The Morgan fingerprint density at radius 2 is 1.77 bits per heavy atom. The Balaban J connectivity index is 2.94. The van der Waals surface area contributed by atoms with Gasteiger partial charge in [-0.25, -0.2) is 0 Å². The molecule has 0 aliphatic heterocycles. The monoisotopic (exact) mass is 172 g/mol. The lowest BCUT2D eigenvalue weighted by Crippen LogP contribution is -1.90. The summed E-state index contributed by atoms with van der Waals surface area (Å²) in [6, 6.07) is 4.29. The Labute approximate surface area is 77.6 Å². The Morgan fingerprint density at radius 3 is 2.54 bits per heavy atom. The summed E-state index contributed by atoms with van der Waals surface area (Å²) in [4.78, 5) is 0. The molecule has 0 aliphatic rings. The van der Waals surface area contributed by atoms with E-state index in [-0.39, 0.29) is 0 Å². The van der Waals surface area contributed by atoms with Crippen LogP contribution in [0, 0.1) is 20.8 Å². The second-order valence-corrected chi connectivity index (χ2v) is 3.51. The standard InChI is InChI=1S/C11H12N2/c1-7-4-8(2)11-10(5-7)9(3)6-12-13-11/h4-6H,1-3H3. The third-order valence-electron chi connectivity index (χ3n) is 2.28. The average molecular weight is 172 g/mol. The van der Waals surface area contributed by atoms with Gasteiger partial charge in [-0.3, -0.25) is 0 Å². The van der Waals surface area contributed by atoms with E-state index in [0.29, 0.717) is 0 Å². The van der Waals surface area contributed by atoms with Crippen LogP contribution in [0.2, 0.25) is 0 Å². The van der Waals surface area contributed by atoms with Crippen LogP contribution in [-0.2, 0) is 0 Å². The van der Waals surface area contributed by atoms with E-state index in [1.165, 1.54) is 22.1 Å². The zero-order valence-electron chi connectivity index (χ0n) is 8.13. The summed E-state index contributed by atoms with van der Waals surface area (Å²) < 4.78 is 0. The second kappa shape index (κ2) is 2.80. The normalized spacial score (nSPS) is 10.7. The van der Waals surface area contributed by atoms with Crippen LogP contribution < -0.4 is 0 Å². The van der Waals surface area contributed by atoms with Crippen molar-refractivity contribution >= 4 is 10.9 Å². The number of fused-ring (bicyclic) bond motifs is 1. The molecule has 0 aliphatic carbocycles. The van der Waals surface area contributed by atoms with Gasteiger partial charge in [0.2, 0.25) is 0 Å². The second-order valence-electron chi connectivity index (χ2n) is 3.51. The molecule has 1 heterocycles. The zero-order valence-corrected chi connectivity index (χ0v) is 8.13. The number of hydrogen-bond donors (Lipinski definition) is 0. The third-order valence-corrected chi connectivity index (χ3v) is 2.28. The van der Waals surface area contributed by atoms with Crippen LogP contribution in [-0.4, -0.2) is 10.2 Å². The van der Waals surface area contributed by atoms with E-state index in [0.717, 1.165) is 5.52 Å². The number of benzene rings is 1. The summed E-state index contributed by atoms with van der Waals surface area (Å²) >= 11 is 0. The molecule has 0 fully saturated rings. The number of aryl methyl sites for hydroxylation is 3. The van der Waals surface area contributed by atoms with E-state index >= 15 is 0 Å². The summed E-state index contributed by atoms with van der Waals surface area (Å²) in [7, 11) is 0. The van der Waals surface area contributed by atoms with Crippen molar-refractivity contribution in [1.82, 2.24) is 10.2 Å². The van der Waals surface area contributed by atoms with Crippen molar-refractivity contribution in [1.29, 1.82) is 0 Å². The minimum atomic E-state index is 1.02. The molecule has 0 radical (unpaired) electrons. The van der Waals surface area contributed by atoms with Gasteiger partial charge in [-0.1, -0.05) is 11.6 Å². The van der Waals surface area contributed by atoms with E-state index in [1.807, 2.05) is 0 Å². The van der Waals surface area contributed by atoms with Gasteiger partial charge in [-0.15, -0.1) is 0 Å². The fraction of sp³-hybridized carbons (Fsp3) is 0.273. The van der Waals surface area contributed by atoms with Gasteiger partial charge in [0.15, 0.2) is 0 Å². The Hall–Kier alpha value is -1.44. The van der Waals surface area contributed by atoms with Crippen LogP contribution in [0.5, 0.6) is 0 Å². The first-order chi connectivity index (χ1) is 6.18. The molecule has 2 rings (SSSR count). The lowest BCUT2D eigenvalue weighted by atomic mass is 10.0. The Morgan fingerprint density at radius 1 is 1.00 bits per heavy atom. The Bertz CT molecular complexity index is 461. The molecule has 13 heavy (non-hydrogen) atoms. The predicted octanol–water partition coefficient (Wildman–Crippen LogP) is 2.56. The number of hydrogen-bond acceptors (Lipinski definition) is 2. The van der Waals surface area contributed by atoms with Gasteiger partial charge in [-0.05, 0) is 38.0 Å². The fourth-order valence-electron chi connectivity index (χ4n) is 1.64. The molecular weight excluding hydrogens is 160 g/mol. The highest BCUT2D eigenvalue weighted by Gasteiger charge is 2.02.